The highest BCUT2D eigenvalue weighted by atomic mass is 32.2. The van der Waals surface area contributed by atoms with E-state index >= 15 is 0 Å². The number of nitrogens with zero attached hydrogens (tertiary/aromatic N) is 2. The Bertz CT molecular complexity index is 768. The third-order valence-corrected chi connectivity index (χ3v) is 8.42. The molecule has 0 unspecified atom stereocenters. The molecule has 1 saturated heterocycles. The van der Waals surface area contributed by atoms with Crippen LogP contribution in [0.25, 0.3) is 0 Å². The van der Waals surface area contributed by atoms with E-state index in [2.05, 4.69) is 14.5 Å². The molecule has 0 aromatic heterocycles. The van der Waals surface area contributed by atoms with Crippen LogP contribution in [0.4, 0.5) is 0 Å². The molecule has 0 radical (unpaired) electrons. The smallest absolute Gasteiger partial charge is 0.240 e. The summed E-state index contributed by atoms with van der Waals surface area (Å²) in [6.45, 7) is 7.00. The van der Waals surface area contributed by atoms with Crippen molar-refractivity contribution in [3.63, 3.8) is 0 Å². The van der Waals surface area contributed by atoms with Crippen LogP contribution >= 0.6 is 0 Å². The molecule has 1 saturated carbocycles. The average Bonchev–Trinajstić information content (AvgIpc) is 3.25. The Balaban J connectivity index is 1.32. The minimum absolute atomic E-state index is 0.428. The molecule has 2 fully saturated rings. The van der Waals surface area contributed by atoms with Gasteiger partial charge in [0.1, 0.15) is 0 Å². The van der Waals surface area contributed by atoms with Gasteiger partial charge in [-0.05, 0) is 87.3 Å². The van der Waals surface area contributed by atoms with Crippen LogP contribution in [0.5, 0.6) is 0 Å². The molecule has 0 atom stereocenters. The summed E-state index contributed by atoms with van der Waals surface area (Å²) in [6, 6.07) is 5.75. The number of hydrogen-bond donors (Lipinski definition) is 1. The Morgan fingerprint density at radius 3 is 2.52 bits per heavy atom. The zero-order valence-electron chi connectivity index (χ0n) is 17.7. The van der Waals surface area contributed by atoms with Crippen molar-refractivity contribution in [2.45, 2.75) is 69.2 Å². The maximum Gasteiger partial charge on any atom is 0.240 e. The van der Waals surface area contributed by atoms with Crippen molar-refractivity contribution >= 4 is 10.0 Å². The van der Waals surface area contributed by atoms with E-state index in [-0.39, 0.29) is 0 Å². The van der Waals surface area contributed by atoms with E-state index in [0.717, 1.165) is 51.5 Å². The second kappa shape index (κ2) is 9.90. The first-order chi connectivity index (χ1) is 14.1. The van der Waals surface area contributed by atoms with Crippen molar-refractivity contribution in [1.29, 1.82) is 0 Å². The average molecular weight is 420 g/mol. The molecule has 29 heavy (non-hydrogen) atoms. The topological polar surface area (TPSA) is 52.7 Å². The fraction of sp³-hybridized carbons (Fsp3) is 0.739. The molecule has 6 heteroatoms. The number of benzene rings is 1. The zero-order valence-corrected chi connectivity index (χ0v) is 18.6. The van der Waals surface area contributed by atoms with Gasteiger partial charge < -0.3 is 4.90 Å². The Morgan fingerprint density at radius 1 is 0.931 bits per heavy atom. The van der Waals surface area contributed by atoms with Crippen LogP contribution in [0.2, 0.25) is 0 Å². The van der Waals surface area contributed by atoms with Crippen LogP contribution < -0.4 is 4.72 Å². The molecule has 2 aliphatic heterocycles. The van der Waals surface area contributed by atoms with Crippen LogP contribution in [0.1, 0.15) is 62.5 Å². The lowest BCUT2D eigenvalue weighted by Gasteiger charge is -2.33. The summed E-state index contributed by atoms with van der Waals surface area (Å²) in [7, 11) is -3.42. The molecule has 1 aromatic carbocycles. The van der Waals surface area contributed by atoms with Gasteiger partial charge in [-0.1, -0.05) is 25.3 Å². The second-order valence-corrected chi connectivity index (χ2v) is 11.0. The second-order valence-electron chi connectivity index (χ2n) is 9.22. The van der Waals surface area contributed by atoms with Crippen LogP contribution in [0.15, 0.2) is 23.1 Å². The van der Waals surface area contributed by atoms with Crippen LogP contribution in [0.3, 0.4) is 0 Å². The molecule has 3 aliphatic rings. The molecule has 0 amide bonds. The van der Waals surface area contributed by atoms with Gasteiger partial charge in [0, 0.05) is 26.2 Å². The van der Waals surface area contributed by atoms with Gasteiger partial charge >= 0.3 is 0 Å². The Morgan fingerprint density at radius 2 is 1.72 bits per heavy atom. The molecule has 5 nitrogen and oxygen atoms in total. The highest BCUT2D eigenvalue weighted by molar-refractivity contribution is 7.89. The Kier molecular flexibility index (Phi) is 7.27. The van der Waals surface area contributed by atoms with E-state index in [0.29, 0.717) is 11.4 Å². The summed E-state index contributed by atoms with van der Waals surface area (Å²) in [5.41, 5.74) is 2.52. The normalized spacial score (nSPS) is 22.1. The Hall–Kier alpha value is -0.950. The van der Waals surface area contributed by atoms with Gasteiger partial charge in [0.25, 0.3) is 0 Å². The lowest BCUT2D eigenvalue weighted by Crippen LogP contribution is -2.35. The number of likely N-dealkylation sites (tertiary alicyclic amines) is 1. The predicted octanol–water partition coefficient (Wildman–Crippen LogP) is 3.39. The van der Waals surface area contributed by atoms with E-state index in [4.69, 9.17) is 0 Å². The summed E-state index contributed by atoms with van der Waals surface area (Å²) >= 11 is 0. The third-order valence-electron chi connectivity index (χ3n) is 6.96. The first kappa shape index (κ1) is 21.3. The van der Waals surface area contributed by atoms with Crippen molar-refractivity contribution in [3.05, 3.63) is 29.3 Å². The summed E-state index contributed by atoms with van der Waals surface area (Å²) in [5, 5.41) is 0. The number of nitrogens with one attached hydrogen (secondary N) is 1. The third kappa shape index (κ3) is 5.81. The minimum atomic E-state index is -3.42. The van der Waals surface area contributed by atoms with E-state index in [1.54, 1.807) is 6.07 Å². The van der Waals surface area contributed by atoms with Gasteiger partial charge in [-0.2, -0.15) is 0 Å². The molecule has 1 aliphatic carbocycles. The fourth-order valence-corrected chi connectivity index (χ4v) is 6.37. The van der Waals surface area contributed by atoms with Crippen LogP contribution in [-0.2, 0) is 23.0 Å². The van der Waals surface area contributed by atoms with Gasteiger partial charge in [-0.15, -0.1) is 0 Å². The molecule has 162 valence electrons. The lowest BCUT2D eigenvalue weighted by atomic mass is 9.88. The highest BCUT2D eigenvalue weighted by Gasteiger charge is 2.23. The van der Waals surface area contributed by atoms with E-state index in [9.17, 15) is 8.42 Å². The van der Waals surface area contributed by atoms with E-state index in [1.807, 2.05) is 12.1 Å². The van der Waals surface area contributed by atoms with Gasteiger partial charge in [0.15, 0.2) is 0 Å². The van der Waals surface area contributed by atoms with Gasteiger partial charge in [-0.25, -0.2) is 13.1 Å². The van der Waals surface area contributed by atoms with Gasteiger partial charge in [0.2, 0.25) is 10.0 Å². The van der Waals surface area contributed by atoms with Crippen LogP contribution in [0, 0.1) is 5.92 Å². The maximum atomic E-state index is 12.8. The van der Waals surface area contributed by atoms with Gasteiger partial charge in [0.05, 0.1) is 4.90 Å². The monoisotopic (exact) mass is 419 g/mol. The Labute approximate surface area is 176 Å². The molecular formula is C23H37N3O2S. The first-order valence-electron chi connectivity index (χ1n) is 11.7. The largest absolute Gasteiger partial charge is 0.303 e. The van der Waals surface area contributed by atoms with Crippen molar-refractivity contribution in [1.82, 2.24) is 14.5 Å². The van der Waals surface area contributed by atoms with Crippen molar-refractivity contribution in [2.75, 3.05) is 39.3 Å². The number of fused-ring (bicyclic) bond motifs is 1. The summed E-state index contributed by atoms with van der Waals surface area (Å²) in [5.74, 6) is 0.828. The van der Waals surface area contributed by atoms with Crippen LogP contribution in [-0.4, -0.2) is 57.5 Å². The fourth-order valence-electron chi connectivity index (χ4n) is 5.25. The van der Waals surface area contributed by atoms with E-state index in [1.165, 1.54) is 62.6 Å². The standard InChI is InChI=1S/C23H37N3O2S/c27-29(28,24-12-6-15-25-13-4-5-14-25)23-10-9-21-11-16-26(19-22(21)17-23)18-20-7-2-1-3-8-20/h9-10,17,20,24H,1-8,11-16,18-19H2. The molecule has 1 aromatic rings. The molecule has 0 bridgehead atoms. The molecule has 1 N–H and O–H groups in total. The first-order valence-corrected chi connectivity index (χ1v) is 13.1. The van der Waals surface area contributed by atoms with Crippen molar-refractivity contribution in [3.8, 4) is 0 Å². The quantitative estimate of drug-likeness (QED) is 0.656. The minimum Gasteiger partial charge on any atom is -0.303 e. The summed E-state index contributed by atoms with van der Waals surface area (Å²) in [4.78, 5) is 5.39. The number of sulfonamides is 1. The highest BCUT2D eigenvalue weighted by Crippen LogP contribution is 2.28. The van der Waals surface area contributed by atoms with Crippen molar-refractivity contribution in [2.24, 2.45) is 5.92 Å². The maximum absolute atomic E-state index is 12.8. The number of hydrogen-bond acceptors (Lipinski definition) is 4. The summed E-state index contributed by atoms with van der Waals surface area (Å²) < 4.78 is 28.4. The predicted molar refractivity (Wildman–Crippen MR) is 117 cm³/mol. The summed E-state index contributed by atoms with van der Waals surface area (Å²) in [6.07, 6.45) is 11.3. The molecule has 0 spiro atoms. The molecule has 4 rings (SSSR count). The van der Waals surface area contributed by atoms with Gasteiger partial charge in [-0.3, -0.25) is 4.90 Å². The van der Waals surface area contributed by atoms with E-state index < -0.39 is 10.0 Å². The van der Waals surface area contributed by atoms with Crippen molar-refractivity contribution < 1.29 is 8.42 Å². The zero-order chi connectivity index (χ0) is 20.1. The molecule has 2 heterocycles. The molecular weight excluding hydrogens is 382 g/mol. The number of rotatable bonds is 8. The SMILES string of the molecule is O=S(=O)(NCCCN1CCCC1)c1ccc2c(c1)CN(CC1CCCCC1)CC2. The lowest BCUT2D eigenvalue weighted by molar-refractivity contribution is 0.187.